The lowest BCUT2D eigenvalue weighted by molar-refractivity contribution is -0.137. The lowest BCUT2D eigenvalue weighted by atomic mass is 10.0. The van der Waals surface area contributed by atoms with E-state index in [1.807, 2.05) is 73.7 Å². The average molecular weight is 817 g/mol. The van der Waals surface area contributed by atoms with Gasteiger partial charge in [-0.15, -0.1) is 0 Å². The van der Waals surface area contributed by atoms with Gasteiger partial charge in [0.15, 0.2) is 6.29 Å². The highest BCUT2D eigenvalue weighted by atomic mass is 16.6. The third-order valence-corrected chi connectivity index (χ3v) is 9.22. The number of hydrogen-bond donors (Lipinski definition) is 1. The summed E-state index contributed by atoms with van der Waals surface area (Å²) in [6, 6.07) is 28.5. The molecule has 0 aliphatic rings. The number of hydrogen-bond acceptors (Lipinski definition) is 10. The van der Waals surface area contributed by atoms with Crippen LogP contribution in [0.5, 0.6) is 17.2 Å². The number of rotatable bonds is 27. The van der Waals surface area contributed by atoms with Crippen molar-refractivity contribution in [2.75, 3.05) is 33.0 Å². The Morgan fingerprint density at radius 1 is 0.600 bits per heavy atom. The maximum absolute atomic E-state index is 12.9. The van der Waals surface area contributed by atoms with E-state index in [9.17, 15) is 19.5 Å². The van der Waals surface area contributed by atoms with Crippen molar-refractivity contribution in [3.63, 3.8) is 0 Å². The zero-order chi connectivity index (χ0) is 42.8. The van der Waals surface area contributed by atoms with Crippen molar-refractivity contribution in [1.82, 2.24) is 0 Å². The van der Waals surface area contributed by atoms with Crippen molar-refractivity contribution in [2.45, 2.75) is 64.6 Å². The van der Waals surface area contributed by atoms with Crippen LogP contribution in [0, 0.1) is 0 Å². The maximum Gasteiger partial charge on any atom is 0.343 e. The summed E-state index contributed by atoms with van der Waals surface area (Å²) in [5.41, 5.74) is 4.69. The maximum atomic E-state index is 12.9. The number of unbranched alkanes of at least 4 members (excludes halogenated alkanes) is 6. The zero-order valence-electron chi connectivity index (χ0n) is 34.4. The van der Waals surface area contributed by atoms with Crippen molar-refractivity contribution >= 4 is 23.5 Å². The fraction of sp³-hybridized carbons (Fsp3) is 0.300. The highest BCUT2D eigenvalue weighted by Gasteiger charge is 2.12. The van der Waals surface area contributed by atoms with Crippen LogP contribution in [0.4, 0.5) is 0 Å². The lowest BCUT2D eigenvalue weighted by Gasteiger charge is -2.09. The quantitative estimate of drug-likeness (QED) is 0.0118. The van der Waals surface area contributed by atoms with Crippen molar-refractivity contribution < 1.29 is 47.9 Å². The Labute approximate surface area is 353 Å². The topological polar surface area (TPSA) is 127 Å². The molecule has 4 aromatic carbocycles. The molecular weight excluding hydrogens is 761 g/mol. The molecule has 4 rings (SSSR count). The highest BCUT2D eigenvalue weighted by molar-refractivity contribution is 5.92. The van der Waals surface area contributed by atoms with E-state index in [1.165, 1.54) is 12.2 Å². The fourth-order valence-electron chi connectivity index (χ4n) is 5.85. The molecule has 0 amide bonds. The van der Waals surface area contributed by atoms with E-state index in [0.717, 1.165) is 79.4 Å². The minimum absolute atomic E-state index is 0.319. The third kappa shape index (κ3) is 17.0. The Morgan fingerprint density at radius 3 is 1.63 bits per heavy atom. The summed E-state index contributed by atoms with van der Waals surface area (Å²) >= 11 is 0. The monoisotopic (exact) mass is 816 g/mol. The predicted octanol–water partition coefficient (Wildman–Crippen LogP) is 10.5. The Kier molecular flexibility index (Phi) is 20.9. The van der Waals surface area contributed by atoms with Gasteiger partial charge >= 0.3 is 17.9 Å². The molecule has 0 heterocycles. The third-order valence-electron chi connectivity index (χ3n) is 9.22. The normalized spacial score (nSPS) is 11.8. The number of aliphatic hydroxyl groups is 1. The van der Waals surface area contributed by atoms with Gasteiger partial charge < -0.3 is 33.5 Å². The van der Waals surface area contributed by atoms with Crippen molar-refractivity contribution in [3.05, 3.63) is 157 Å². The van der Waals surface area contributed by atoms with Crippen LogP contribution in [0.25, 0.3) is 16.7 Å². The van der Waals surface area contributed by atoms with Crippen LogP contribution in [0.1, 0.15) is 84.6 Å². The predicted molar refractivity (Wildman–Crippen MR) is 234 cm³/mol. The lowest BCUT2D eigenvalue weighted by Crippen LogP contribution is -2.09. The molecule has 0 aliphatic heterocycles. The molecule has 0 aliphatic carbocycles. The molecular formula is C50H56O10. The van der Waals surface area contributed by atoms with Gasteiger partial charge in [0.1, 0.15) is 17.2 Å². The summed E-state index contributed by atoms with van der Waals surface area (Å²) in [5, 5.41) is 9.31. The van der Waals surface area contributed by atoms with Crippen molar-refractivity contribution in [3.8, 4) is 28.4 Å². The Hall–Kier alpha value is -6.07. The van der Waals surface area contributed by atoms with Gasteiger partial charge in [0.2, 0.25) is 0 Å². The zero-order valence-corrected chi connectivity index (χ0v) is 34.4. The number of carbonyl (C=O) groups excluding carboxylic acids is 3. The second-order valence-electron chi connectivity index (χ2n) is 13.7. The van der Waals surface area contributed by atoms with Crippen LogP contribution in [0.3, 0.4) is 0 Å². The smallest absolute Gasteiger partial charge is 0.343 e. The van der Waals surface area contributed by atoms with E-state index in [4.69, 9.17) is 28.4 Å². The first-order valence-corrected chi connectivity index (χ1v) is 20.4. The van der Waals surface area contributed by atoms with Crippen LogP contribution in [0.2, 0.25) is 0 Å². The van der Waals surface area contributed by atoms with Crippen molar-refractivity contribution in [2.24, 2.45) is 0 Å². The molecule has 0 saturated heterocycles. The van der Waals surface area contributed by atoms with Gasteiger partial charge in [0.05, 0.1) is 37.6 Å². The van der Waals surface area contributed by atoms with E-state index < -0.39 is 18.2 Å². The first kappa shape index (κ1) is 46.6. The molecule has 1 atom stereocenters. The fourth-order valence-corrected chi connectivity index (χ4v) is 5.85. The van der Waals surface area contributed by atoms with Crippen LogP contribution in [0.15, 0.2) is 141 Å². The molecule has 60 heavy (non-hydrogen) atoms. The standard InChI is InChI=1S/C50H56O10/c1-4-38(16-15-34-55-33-11-7-8-13-36-57-47(51)5-2)39-17-21-42(22-18-39)49(53)59-45-29-31-46(32-30-45)60-50(54)43-23-19-40(20-24-43)41-25-27-44(28-26-41)56-35-12-9-10-14-37-58-48(52)6-3/h4-6,15-32,48,52H,2-3,7-14,33-37H2,1H3/b16-15-,38-4+. The summed E-state index contributed by atoms with van der Waals surface area (Å²) in [6.07, 6.45) is 15.1. The number of allylic oxidation sites excluding steroid dienone is 3. The summed E-state index contributed by atoms with van der Waals surface area (Å²) in [5.74, 6) is 0.0305. The molecule has 10 heteroatoms. The molecule has 0 aromatic heterocycles. The van der Waals surface area contributed by atoms with Crippen LogP contribution < -0.4 is 14.2 Å². The second kappa shape index (κ2) is 26.8. The minimum atomic E-state index is -0.898. The average Bonchev–Trinajstić information content (AvgIpc) is 3.28. The first-order chi connectivity index (χ1) is 29.3. The SMILES string of the molecule is C=CC(=O)OCCCCCCOC/C=C\C(=C/C)c1ccc(C(=O)Oc2ccc(OC(=O)c3ccc(-c4ccc(OCCCCCCOC(O)C=C)cc4)cc3)cc2)cc1. The molecule has 10 nitrogen and oxygen atoms in total. The molecule has 0 radical (unpaired) electrons. The van der Waals surface area contributed by atoms with Gasteiger partial charge in [-0.05, 0) is 134 Å². The molecule has 0 saturated carbocycles. The largest absolute Gasteiger partial charge is 0.494 e. The molecule has 0 spiro atoms. The summed E-state index contributed by atoms with van der Waals surface area (Å²) in [7, 11) is 0. The van der Waals surface area contributed by atoms with Gasteiger partial charge in [0.25, 0.3) is 0 Å². The van der Waals surface area contributed by atoms with Gasteiger partial charge in [0, 0.05) is 12.7 Å². The van der Waals surface area contributed by atoms with E-state index >= 15 is 0 Å². The molecule has 316 valence electrons. The summed E-state index contributed by atoms with van der Waals surface area (Å²) < 4.78 is 32.9. The molecule has 4 aromatic rings. The summed E-state index contributed by atoms with van der Waals surface area (Å²) in [4.78, 5) is 36.8. The molecule has 1 N–H and O–H groups in total. The van der Waals surface area contributed by atoms with E-state index in [2.05, 4.69) is 13.2 Å². The van der Waals surface area contributed by atoms with Gasteiger partial charge in [-0.3, -0.25) is 0 Å². The van der Waals surface area contributed by atoms with Crippen molar-refractivity contribution in [1.29, 1.82) is 0 Å². The number of benzene rings is 4. The van der Waals surface area contributed by atoms with Crippen LogP contribution >= 0.6 is 0 Å². The number of esters is 3. The molecule has 0 fully saturated rings. The van der Waals surface area contributed by atoms with Gasteiger partial charge in [-0.1, -0.05) is 80.6 Å². The van der Waals surface area contributed by atoms with Crippen LogP contribution in [-0.4, -0.2) is 62.3 Å². The van der Waals surface area contributed by atoms with Gasteiger partial charge in [-0.2, -0.15) is 0 Å². The van der Waals surface area contributed by atoms with Crippen LogP contribution in [-0.2, 0) is 19.0 Å². The summed E-state index contributed by atoms with van der Waals surface area (Å²) in [6.45, 7) is 11.5. The highest BCUT2D eigenvalue weighted by Crippen LogP contribution is 2.25. The molecule has 1 unspecified atom stereocenters. The first-order valence-electron chi connectivity index (χ1n) is 20.4. The minimum Gasteiger partial charge on any atom is -0.494 e. The number of carbonyl (C=O) groups is 3. The Bertz CT molecular complexity index is 1980. The Balaban J connectivity index is 1.14. The second-order valence-corrected chi connectivity index (χ2v) is 13.7. The van der Waals surface area contributed by atoms with E-state index in [1.54, 1.807) is 48.5 Å². The van der Waals surface area contributed by atoms with E-state index in [-0.39, 0.29) is 5.97 Å². The number of ether oxygens (including phenoxy) is 6. The van der Waals surface area contributed by atoms with Gasteiger partial charge in [-0.25, -0.2) is 14.4 Å². The van der Waals surface area contributed by atoms with E-state index in [0.29, 0.717) is 55.7 Å². The number of aliphatic hydroxyl groups excluding tert-OH is 1. The molecule has 0 bridgehead atoms. The Morgan fingerprint density at radius 2 is 1.08 bits per heavy atom.